The van der Waals surface area contributed by atoms with Gasteiger partial charge in [0, 0.05) is 5.69 Å². The maximum atomic E-state index is 11.5. The van der Waals surface area contributed by atoms with Crippen LogP contribution in [0.3, 0.4) is 0 Å². The molecular weight excluding hydrogens is 206 g/mol. The molecule has 16 heavy (non-hydrogen) atoms. The highest BCUT2D eigenvalue weighted by Gasteiger charge is 2.07. The van der Waals surface area contributed by atoms with E-state index in [1.165, 1.54) is 6.39 Å². The first-order valence-corrected chi connectivity index (χ1v) is 4.79. The molecule has 0 aliphatic heterocycles. The monoisotopic (exact) mass is 217 g/mol. The minimum Gasteiger partial charge on any atom is -0.427 e. The number of carbonyl (C=O) groups is 1. The zero-order chi connectivity index (χ0) is 11.4. The van der Waals surface area contributed by atoms with Crippen molar-refractivity contribution in [3.8, 4) is 0 Å². The second-order valence-corrected chi connectivity index (χ2v) is 3.21. The number of para-hydroxylation sites is 1. The molecule has 0 fully saturated rings. The Morgan fingerprint density at radius 3 is 2.62 bits per heavy atom. The van der Waals surface area contributed by atoms with Crippen LogP contribution in [0.25, 0.3) is 0 Å². The zero-order valence-corrected chi connectivity index (χ0v) is 8.73. The lowest BCUT2D eigenvalue weighted by molar-refractivity contribution is 0.261. The van der Waals surface area contributed by atoms with Crippen molar-refractivity contribution in [3.63, 3.8) is 0 Å². The van der Waals surface area contributed by atoms with E-state index in [-0.39, 0.29) is 6.03 Å². The van der Waals surface area contributed by atoms with Gasteiger partial charge in [0.1, 0.15) is 5.69 Å². The summed E-state index contributed by atoms with van der Waals surface area (Å²) in [6.07, 6.45) is 1.29. The molecule has 0 bridgehead atoms. The van der Waals surface area contributed by atoms with Crippen LogP contribution in [0.15, 0.2) is 41.1 Å². The lowest BCUT2D eigenvalue weighted by Gasteiger charge is -2.04. The van der Waals surface area contributed by atoms with Crippen molar-refractivity contribution in [2.45, 2.75) is 6.92 Å². The van der Waals surface area contributed by atoms with E-state index < -0.39 is 0 Å². The third kappa shape index (κ3) is 2.38. The predicted octanol–water partition coefficient (Wildman–Crippen LogP) is 2.63. The van der Waals surface area contributed by atoms with Crippen LogP contribution in [0.2, 0.25) is 0 Å². The first-order chi connectivity index (χ1) is 7.75. The van der Waals surface area contributed by atoms with Crippen LogP contribution in [-0.4, -0.2) is 11.0 Å². The van der Waals surface area contributed by atoms with E-state index in [4.69, 9.17) is 4.42 Å². The molecule has 1 heterocycles. The molecule has 0 radical (unpaired) electrons. The van der Waals surface area contributed by atoms with Crippen molar-refractivity contribution in [1.82, 2.24) is 4.98 Å². The normalized spacial score (nSPS) is 9.81. The van der Waals surface area contributed by atoms with E-state index in [0.717, 1.165) is 5.69 Å². The van der Waals surface area contributed by atoms with Gasteiger partial charge in [-0.05, 0) is 19.1 Å². The van der Waals surface area contributed by atoms with E-state index in [1.807, 2.05) is 18.2 Å². The fourth-order valence-electron chi connectivity index (χ4n) is 1.21. The molecule has 82 valence electrons. The SMILES string of the molecule is Cc1ncoc1NC(=O)Nc1ccccc1. The summed E-state index contributed by atoms with van der Waals surface area (Å²) >= 11 is 0. The summed E-state index contributed by atoms with van der Waals surface area (Å²) in [6, 6.07) is 8.81. The van der Waals surface area contributed by atoms with Gasteiger partial charge in [-0.3, -0.25) is 5.32 Å². The van der Waals surface area contributed by atoms with Gasteiger partial charge in [0.25, 0.3) is 0 Å². The molecule has 1 aromatic heterocycles. The molecule has 5 nitrogen and oxygen atoms in total. The molecule has 0 unspecified atom stereocenters. The summed E-state index contributed by atoms with van der Waals surface area (Å²) in [5, 5.41) is 5.23. The van der Waals surface area contributed by atoms with E-state index in [2.05, 4.69) is 15.6 Å². The van der Waals surface area contributed by atoms with Crippen LogP contribution in [0, 0.1) is 6.92 Å². The number of nitrogens with one attached hydrogen (secondary N) is 2. The van der Waals surface area contributed by atoms with Crippen molar-refractivity contribution < 1.29 is 9.21 Å². The van der Waals surface area contributed by atoms with Crippen molar-refractivity contribution in [2.75, 3.05) is 10.6 Å². The molecule has 0 atom stereocenters. The zero-order valence-electron chi connectivity index (χ0n) is 8.73. The molecule has 2 rings (SSSR count). The summed E-state index contributed by atoms with van der Waals surface area (Å²) in [7, 11) is 0. The lowest BCUT2D eigenvalue weighted by atomic mass is 10.3. The third-order valence-corrected chi connectivity index (χ3v) is 2.00. The van der Waals surface area contributed by atoms with Crippen LogP contribution >= 0.6 is 0 Å². The first-order valence-electron chi connectivity index (χ1n) is 4.79. The summed E-state index contributed by atoms with van der Waals surface area (Å²) in [6.45, 7) is 1.75. The highest BCUT2D eigenvalue weighted by Crippen LogP contribution is 2.12. The van der Waals surface area contributed by atoms with Gasteiger partial charge in [-0.1, -0.05) is 18.2 Å². The number of aryl methyl sites for hydroxylation is 1. The summed E-state index contributed by atoms with van der Waals surface area (Å²) in [5.41, 5.74) is 1.36. The Hall–Kier alpha value is -2.30. The number of urea groups is 1. The lowest BCUT2D eigenvalue weighted by Crippen LogP contribution is -2.19. The van der Waals surface area contributed by atoms with Crippen LogP contribution in [0.5, 0.6) is 0 Å². The Kier molecular flexibility index (Phi) is 2.86. The Labute approximate surface area is 92.5 Å². The van der Waals surface area contributed by atoms with Gasteiger partial charge in [-0.15, -0.1) is 0 Å². The van der Waals surface area contributed by atoms with Crippen molar-refractivity contribution in [3.05, 3.63) is 42.4 Å². The van der Waals surface area contributed by atoms with E-state index in [9.17, 15) is 4.79 Å². The van der Waals surface area contributed by atoms with Gasteiger partial charge in [0.15, 0.2) is 6.39 Å². The van der Waals surface area contributed by atoms with Crippen LogP contribution < -0.4 is 10.6 Å². The molecular formula is C11H11N3O2. The van der Waals surface area contributed by atoms with E-state index >= 15 is 0 Å². The molecule has 0 aliphatic carbocycles. The smallest absolute Gasteiger partial charge is 0.326 e. The van der Waals surface area contributed by atoms with Gasteiger partial charge < -0.3 is 9.73 Å². The van der Waals surface area contributed by atoms with Gasteiger partial charge in [0.2, 0.25) is 5.88 Å². The highest BCUT2D eigenvalue weighted by atomic mass is 16.4. The molecule has 2 amide bonds. The van der Waals surface area contributed by atoms with Gasteiger partial charge in [-0.2, -0.15) is 0 Å². The minimum atomic E-state index is -0.356. The fourth-order valence-corrected chi connectivity index (χ4v) is 1.21. The fraction of sp³-hybridized carbons (Fsp3) is 0.0909. The Bertz CT molecular complexity index is 479. The van der Waals surface area contributed by atoms with E-state index in [1.54, 1.807) is 19.1 Å². The predicted molar refractivity (Wildman–Crippen MR) is 60.3 cm³/mol. The largest absolute Gasteiger partial charge is 0.427 e. The maximum Gasteiger partial charge on any atom is 0.326 e. The third-order valence-electron chi connectivity index (χ3n) is 2.00. The quantitative estimate of drug-likeness (QED) is 0.812. The average molecular weight is 217 g/mol. The van der Waals surface area contributed by atoms with E-state index in [0.29, 0.717) is 11.6 Å². The second-order valence-electron chi connectivity index (χ2n) is 3.21. The maximum absolute atomic E-state index is 11.5. The number of hydrogen-bond acceptors (Lipinski definition) is 3. The van der Waals surface area contributed by atoms with Crippen LogP contribution in [0.4, 0.5) is 16.4 Å². The van der Waals surface area contributed by atoms with Gasteiger partial charge in [-0.25, -0.2) is 9.78 Å². The number of nitrogens with zero attached hydrogens (tertiary/aromatic N) is 1. The highest BCUT2D eigenvalue weighted by molar-refractivity contribution is 5.99. The van der Waals surface area contributed by atoms with Crippen LogP contribution in [-0.2, 0) is 0 Å². The topological polar surface area (TPSA) is 67.2 Å². The number of hydrogen-bond donors (Lipinski definition) is 2. The number of aromatic nitrogens is 1. The molecule has 2 N–H and O–H groups in total. The van der Waals surface area contributed by atoms with Crippen molar-refractivity contribution in [2.24, 2.45) is 0 Å². The second kappa shape index (κ2) is 4.48. The summed E-state index contributed by atoms with van der Waals surface area (Å²) in [5.74, 6) is 0.355. The molecule has 2 aromatic rings. The standard InChI is InChI=1S/C11H11N3O2/c1-8-10(16-7-12-8)14-11(15)13-9-5-3-2-4-6-9/h2-7H,1H3,(H2,13,14,15). The number of oxazole rings is 1. The molecule has 0 saturated heterocycles. The number of rotatable bonds is 2. The minimum absolute atomic E-state index is 0.355. The number of benzene rings is 1. The number of anilines is 2. The molecule has 0 aliphatic rings. The Morgan fingerprint density at radius 2 is 2.00 bits per heavy atom. The Balaban J connectivity index is 1.98. The summed E-state index contributed by atoms with van der Waals surface area (Å²) in [4.78, 5) is 15.4. The average Bonchev–Trinajstić information content (AvgIpc) is 2.66. The molecule has 0 saturated carbocycles. The first kappa shape index (κ1) is 10.2. The number of amides is 2. The van der Waals surface area contributed by atoms with Crippen LogP contribution in [0.1, 0.15) is 5.69 Å². The van der Waals surface area contributed by atoms with Crippen molar-refractivity contribution in [1.29, 1.82) is 0 Å². The van der Waals surface area contributed by atoms with Gasteiger partial charge >= 0.3 is 6.03 Å². The van der Waals surface area contributed by atoms with Gasteiger partial charge in [0.05, 0.1) is 0 Å². The number of carbonyl (C=O) groups excluding carboxylic acids is 1. The summed E-state index contributed by atoms with van der Waals surface area (Å²) < 4.78 is 4.99. The molecule has 0 spiro atoms. The molecule has 1 aromatic carbocycles. The molecule has 5 heteroatoms. The Morgan fingerprint density at radius 1 is 1.25 bits per heavy atom. The van der Waals surface area contributed by atoms with Crippen molar-refractivity contribution >= 4 is 17.6 Å².